The molecular weight excluding hydrogens is 1880 g/mol. The second-order valence-corrected chi connectivity index (χ2v) is 37.0. The van der Waals surface area contributed by atoms with Crippen LogP contribution in [0.5, 0.6) is 0 Å². The Balaban J connectivity index is 0.000000129. The number of rotatable bonds is 9. The van der Waals surface area contributed by atoms with Gasteiger partial charge in [0.1, 0.15) is 17.2 Å². The van der Waals surface area contributed by atoms with Gasteiger partial charge in [0.25, 0.3) is 5.92 Å². The summed E-state index contributed by atoms with van der Waals surface area (Å²) in [6.45, 7) is 17.2. The summed E-state index contributed by atoms with van der Waals surface area (Å²) in [5.41, 5.74) is 2.08. The van der Waals surface area contributed by atoms with Gasteiger partial charge >= 0.3 is 30.9 Å². The van der Waals surface area contributed by atoms with Crippen LogP contribution < -0.4 is 19.6 Å². The van der Waals surface area contributed by atoms with Crippen molar-refractivity contribution in [3.63, 3.8) is 0 Å². The number of nitrogens with zero attached hydrogens (tertiary/aromatic N) is 24. The van der Waals surface area contributed by atoms with Gasteiger partial charge in [-0.3, -0.25) is 39.1 Å². The van der Waals surface area contributed by atoms with E-state index in [1.54, 1.807) is 60.2 Å². The van der Waals surface area contributed by atoms with Crippen LogP contribution in [0.2, 0.25) is 0 Å². The van der Waals surface area contributed by atoms with Crippen LogP contribution in [0.3, 0.4) is 0 Å². The molecule has 0 spiro atoms. The average Bonchev–Trinajstić information content (AvgIpc) is 1.06. The molecule has 4 saturated heterocycles. The predicted octanol–water partition coefficient (Wildman–Crippen LogP) is 16.4. The zero-order valence-electron chi connectivity index (χ0n) is 76.5. The van der Waals surface area contributed by atoms with Crippen LogP contribution in [0.15, 0.2) is 110 Å². The molecule has 8 atom stereocenters. The summed E-state index contributed by atoms with van der Waals surface area (Å²) in [4.78, 5) is 83.1. The number of para-hydroxylation sites is 2. The highest BCUT2D eigenvalue weighted by atomic mass is 19.4. The van der Waals surface area contributed by atoms with Gasteiger partial charge < -0.3 is 57.5 Å². The molecule has 744 valence electrons. The molecule has 4 aromatic carbocycles. The SMILES string of the molecule is C[C@@H]1CN(c2c(C(F)(F)F)cnc3c(F)cccc23)CC[C@@H]1C(=O)N1CCn2c(nnc2C(F)(F)F)C1.C[C@@H]1CN(c2c(C(F)(F)F)cnc3ccccc23)CC[C@@H]1C(=O)N1CCn2c(nnc2C(F)(F)F)C1.Cc1ccc2c(N3CC[C@H](C(=O)N4CCn5c(nnc5C(F)(F)F)C4)[C@H](C)C3)c(F)cnc2c1.Cc1nnc2n1CCN(C(=O)[C@H]1CCN(c3ccnc4cc(C(C)(F)F)ccc34)C[C@H]1C)C2. The quantitative estimate of drug-likeness (QED) is 0.121. The first-order valence-electron chi connectivity index (χ1n) is 45.6. The number of pyridine rings is 4. The number of anilines is 4. The number of carbonyl (C=O) groups is 4. The van der Waals surface area contributed by atoms with Crippen molar-refractivity contribution >= 4 is 90.0 Å². The van der Waals surface area contributed by atoms with Crippen molar-refractivity contribution in [1.82, 2.24) is 98.6 Å². The van der Waals surface area contributed by atoms with E-state index in [0.717, 1.165) is 98.1 Å². The summed E-state index contributed by atoms with van der Waals surface area (Å²) in [6.07, 6.45) is -17.0. The fraction of sp³-hybridized carbons (Fsp3) is 0.484. The Labute approximate surface area is 786 Å². The minimum Gasteiger partial charge on any atom is -0.371 e. The smallest absolute Gasteiger partial charge is 0.371 e. The lowest BCUT2D eigenvalue weighted by molar-refractivity contribution is -0.149. The molecule has 0 bridgehead atoms. The molecule has 47 heteroatoms. The van der Waals surface area contributed by atoms with Crippen LogP contribution in [0.1, 0.15) is 129 Å². The first kappa shape index (κ1) is 98.4. The summed E-state index contributed by atoms with van der Waals surface area (Å²) < 4.78 is 263. The average molecular weight is 1970 g/mol. The minimum absolute atomic E-state index is 0.00216. The van der Waals surface area contributed by atoms with Gasteiger partial charge in [-0.05, 0) is 99.1 Å². The van der Waals surface area contributed by atoms with Crippen LogP contribution >= 0.6 is 0 Å². The van der Waals surface area contributed by atoms with E-state index in [0.29, 0.717) is 67.3 Å². The minimum atomic E-state index is -4.72. The summed E-state index contributed by atoms with van der Waals surface area (Å²) >= 11 is 0. The van der Waals surface area contributed by atoms with Crippen molar-refractivity contribution in [1.29, 1.82) is 0 Å². The molecule has 4 amide bonds. The first-order valence-corrected chi connectivity index (χ1v) is 45.6. The van der Waals surface area contributed by atoms with Gasteiger partial charge in [-0.15, -0.1) is 40.8 Å². The van der Waals surface area contributed by atoms with E-state index in [1.165, 1.54) is 45.2 Å². The highest BCUT2D eigenvalue weighted by Crippen LogP contribution is 2.48. The number of benzene rings is 4. The van der Waals surface area contributed by atoms with Gasteiger partial charge in [-0.1, -0.05) is 82.3 Å². The molecule has 20 rings (SSSR count). The Hall–Kier alpha value is -13.2. The predicted molar refractivity (Wildman–Crippen MR) is 471 cm³/mol. The van der Waals surface area contributed by atoms with Crippen LogP contribution in [0.25, 0.3) is 43.6 Å². The number of halogens is 19. The van der Waals surface area contributed by atoms with Crippen molar-refractivity contribution in [2.24, 2.45) is 47.3 Å². The summed E-state index contributed by atoms with van der Waals surface area (Å²) in [6, 6.07) is 22.8. The zero-order chi connectivity index (χ0) is 100. The number of aryl methyl sites for hydroxylation is 2. The van der Waals surface area contributed by atoms with Gasteiger partial charge in [0.2, 0.25) is 41.1 Å². The molecule has 8 aliphatic heterocycles. The Morgan fingerprint density at radius 1 is 0.343 bits per heavy atom. The molecule has 28 nitrogen and oxygen atoms in total. The number of piperidine rings is 4. The zero-order valence-corrected chi connectivity index (χ0v) is 76.5. The molecule has 0 N–H and O–H groups in total. The lowest BCUT2D eigenvalue weighted by Gasteiger charge is -2.41. The number of carbonyl (C=O) groups excluding carboxylic acids is 4. The fourth-order valence-electron chi connectivity index (χ4n) is 20.6. The molecule has 0 aliphatic carbocycles. The third kappa shape index (κ3) is 19.8. The fourth-order valence-corrected chi connectivity index (χ4v) is 20.6. The molecule has 140 heavy (non-hydrogen) atoms. The second-order valence-electron chi connectivity index (χ2n) is 37.0. The van der Waals surface area contributed by atoms with Crippen LogP contribution in [-0.2, 0) is 108 Å². The van der Waals surface area contributed by atoms with E-state index in [4.69, 9.17) is 0 Å². The van der Waals surface area contributed by atoms with E-state index in [-0.39, 0.29) is 196 Å². The number of hydrogen-bond acceptors (Lipinski definition) is 20. The number of alkyl halides is 17. The standard InChI is InChI=1S/C24H28F2N6O.C23H21F7N6O.C23H22F6N6O.C23H24F4N6O/c1-15-13-30(21-6-8-27-20-12-17(24(3,25)26)4-5-19(20)21)9-7-18(15)23(33)31-10-11-32-16(2)28-29-22(32)14-31;1-12-10-34(19-14-3-2-4-16(24)18(14)31-9-15(19)22(25,26)27)6-5-13(12)20(37)35-7-8-36-17(11-35)32-33-21(36)23(28,29)30;1-13-11-33(19-15-4-2-3-5-17(15)30-10-16(19)22(24,25)26)7-6-14(13)20(36)34-8-9-35-18(12-34)31-32-21(35)23(27,28)29;1-13-3-4-16-18(9-13)28-10-17(24)20(16)31-6-5-15(14(2)11-31)21(34)32-7-8-33-19(12-32)29-30-22(33)23(25,26)27/h4-6,8,12,15,18H,7,9-11,13-14H2,1-3H3;2-4,9,12-13H,5-8,10-11H2,1H3;2-5,10,13-14H,6-9,11-12H2,1H3;3-4,9-10,14-15H,5-8,11-12H2,1-2H3/t15-,18+;12-,13+;13-,14+;14-,15+/m1111/s1. The Kier molecular flexibility index (Phi) is 26.8. The van der Waals surface area contributed by atoms with E-state index in [1.807, 2.05) is 54.8 Å². The van der Waals surface area contributed by atoms with E-state index in [2.05, 4.69) is 77.1 Å². The largest absolute Gasteiger partial charge is 0.451 e. The third-order valence-electron chi connectivity index (χ3n) is 27.7. The van der Waals surface area contributed by atoms with Gasteiger partial charge in [-0.2, -0.15) is 65.9 Å². The number of fused-ring (bicyclic) bond motifs is 8. The molecular formula is C93H95F19N24O4. The maximum atomic E-state index is 14.8. The molecule has 0 unspecified atom stereocenters. The number of aromatic nitrogens is 16. The first-order chi connectivity index (χ1) is 66.2. The summed E-state index contributed by atoms with van der Waals surface area (Å²) in [7, 11) is 0. The van der Waals surface area contributed by atoms with Crippen LogP contribution in [-0.4, -0.2) is 201 Å². The molecule has 8 aromatic heterocycles. The topological polar surface area (TPSA) is 269 Å². The van der Waals surface area contributed by atoms with Crippen molar-refractivity contribution in [2.45, 2.75) is 163 Å². The highest BCUT2D eigenvalue weighted by molar-refractivity contribution is 5.97. The molecule has 12 aromatic rings. The lowest BCUT2D eigenvalue weighted by Crippen LogP contribution is -2.49. The van der Waals surface area contributed by atoms with E-state index < -0.39 is 88.9 Å². The Morgan fingerprint density at radius 2 is 0.729 bits per heavy atom. The summed E-state index contributed by atoms with van der Waals surface area (Å²) in [5, 5.41) is 30.9. The van der Waals surface area contributed by atoms with Gasteiger partial charge in [0, 0.05) is 187 Å². The van der Waals surface area contributed by atoms with E-state index >= 15 is 0 Å². The van der Waals surface area contributed by atoms with E-state index in [9.17, 15) is 103 Å². The summed E-state index contributed by atoms with van der Waals surface area (Å²) in [5.74, 6) is -7.71. The Bertz CT molecular complexity index is 6690. The van der Waals surface area contributed by atoms with Crippen molar-refractivity contribution in [2.75, 3.05) is 98.1 Å². The van der Waals surface area contributed by atoms with Crippen molar-refractivity contribution in [3.05, 3.63) is 190 Å². The number of amides is 4. The molecule has 8 aliphatic rings. The van der Waals surface area contributed by atoms with Gasteiger partial charge in [-0.25, -0.2) is 17.6 Å². The lowest BCUT2D eigenvalue weighted by atomic mass is 9.85. The van der Waals surface area contributed by atoms with Crippen molar-refractivity contribution in [3.8, 4) is 0 Å². The third-order valence-corrected chi connectivity index (χ3v) is 27.7. The second kappa shape index (κ2) is 38.1. The normalized spacial score (nSPS) is 21.1. The van der Waals surface area contributed by atoms with Gasteiger partial charge in [0.05, 0.1) is 77.1 Å². The number of hydrogen-bond donors (Lipinski definition) is 0. The van der Waals surface area contributed by atoms with Gasteiger partial charge in [0.15, 0.2) is 29.1 Å². The van der Waals surface area contributed by atoms with Crippen LogP contribution in [0, 0.1) is 72.8 Å². The maximum Gasteiger partial charge on any atom is 0.451 e. The monoisotopic (exact) mass is 1970 g/mol. The molecule has 0 saturated carbocycles. The molecule has 4 fully saturated rings. The highest BCUT2D eigenvalue weighted by Gasteiger charge is 2.49. The maximum absolute atomic E-state index is 14.8. The van der Waals surface area contributed by atoms with Crippen molar-refractivity contribution < 1.29 is 103 Å². The molecule has 16 heterocycles. The van der Waals surface area contributed by atoms with Crippen LogP contribution in [0.4, 0.5) is 106 Å². The Morgan fingerprint density at radius 3 is 1.19 bits per heavy atom. The molecule has 0 radical (unpaired) electrons.